The van der Waals surface area contributed by atoms with Crippen molar-refractivity contribution in [1.29, 1.82) is 0 Å². The van der Waals surface area contributed by atoms with Crippen molar-refractivity contribution in [3.05, 3.63) is 12.7 Å². The highest BCUT2D eigenvalue weighted by Gasteiger charge is 1.35. The molecule has 0 heterocycles. The first kappa shape index (κ1) is 22.6. The van der Waals surface area contributed by atoms with Gasteiger partial charge in [0.2, 0.25) is 0 Å². The van der Waals surface area contributed by atoms with Crippen LogP contribution < -0.4 is 0 Å². The van der Waals surface area contributed by atoms with E-state index in [0.717, 1.165) is 0 Å². The summed E-state index contributed by atoms with van der Waals surface area (Å²) in [6, 6.07) is 0. The summed E-state index contributed by atoms with van der Waals surface area (Å²) >= 11 is 0. The molecule has 0 saturated carbocycles. The van der Waals surface area contributed by atoms with Crippen LogP contribution in [0.2, 0.25) is 0 Å². The van der Waals surface area contributed by atoms with E-state index < -0.39 is 0 Å². The molecule has 0 radical (unpaired) electrons. The SMILES string of the molecule is C=CC.CCO.CCO.CCO. The molecule has 0 atom stereocenters. The number of aliphatic hydroxyl groups excluding tert-OH is 3. The Bertz CT molecular complexity index is 34.0. The van der Waals surface area contributed by atoms with Gasteiger partial charge in [-0.15, -0.1) is 6.58 Å². The van der Waals surface area contributed by atoms with Gasteiger partial charge in [-0.1, -0.05) is 6.08 Å². The molecule has 0 saturated heterocycles. The quantitative estimate of drug-likeness (QED) is 0.491. The van der Waals surface area contributed by atoms with Crippen molar-refractivity contribution in [2.45, 2.75) is 27.7 Å². The Morgan fingerprint density at radius 1 is 0.917 bits per heavy atom. The molecule has 3 heteroatoms. The van der Waals surface area contributed by atoms with Gasteiger partial charge in [0, 0.05) is 19.8 Å². The second-order valence-electron chi connectivity index (χ2n) is 1.36. The molecule has 0 bridgehead atoms. The fourth-order valence-corrected chi connectivity index (χ4v) is 0. The molecule has 0 aromatic heterocycles. The molecule has 0 rings (SSSR count). The van der Waals surface area contributed by atoms with Gasteiger partial charge >= 0.3 is 0 Å². The van der Waals surface area contributed by atoms with E-state index in [1.165, 1.54) is 0 Å². The molecule has 0 aliphatic heterocycles. The number of aliphatic hydroxyl groups is 3. The van der Waals surface area contributed by atoms with Gasteiger partial charge in [-0.05, 0) is 27.7 Å². The van der Waals surface area contributed by atoms with Crippen molar-refractivity contribution in [2.24, 2.45) is 0 Å². The lowest BCUT2D eigenvalue weighted by molar-refractivity contribution is 0.318. The average Bonchev–Trinajstić information content (AvgIpc) is 1.92. The van der Waals surface area contributed by atoms with Crippen molar-refractivity contribution >= 4 is 0 Å². The van der Waals surface area contributed by atoms with Crippen LogP contribution in [-0.4, -0.2) is 35.1 Å². The Kier molecular flexibility index (Phi) is 141. The summed E-state index contributed by atoms with van der Waals surface area (Å²) in [4.78, 5) is 0. The Morgan fingerprint density at radius 3 is 0.917 bits per heavy atom. The predicted octanol–water partition coefficient (Wildman–Crippen LogP) is 1.19. The van der Waals surface area contributed by atoms with Gasteiger partial charge in [-0.3, -0.25) is 0 Å². The zero-order chi connectivity index (χ0) is 10.8. The largest absolute Gasteiger partial charge is 0.397 e. The highest BCUT2D eigenvalue weighted by Crippen LogP contribution is 1.38. The Morgan fingerprint density at radius 2 is 0.917 bits per heavy atom. The van der Waals surface area contributed by atoms with Crippen molar-refractivity contribution in [3.8, 4) is 0 Å². The van der Waals surface area contributed by atoms with Gasteiger partial charge in [-0.25, -0.2) is 0 Å². The van der Waals surface area contributed by atoms with Gasteiger partial charge in [0.25, 0.3) is 0 Å². The maximum atomic E-state index is 7.57. The van der Waals surface area contributed by atoms with E-state index in [-0.39, 0.29) is 19.8 Å². The third-order valence-electron chi connectivity index (χ3n) is 0. The Hall–Kier alpha value is -0.380. The third-order valence-corrected chi connectivity index (χ3v) is 0. The van der Waals surface area contributed by atoms with Crippen LogP contribution in [0.1, 0.15) is 27.7 Å². The molecule has 0 aliphatic rings. The maximum Gasteiger partial charge on any atom is 0.0402 e. The lowest BCUT2D eigenvalue weighted by Gasteiger charge is -1.52. The Balaban J connectivity index is -0.0000000356. The van der Waals surface area contributed by atoms with Gasteiger partial charge in [0.15, 0.2) is 0 Å². The molecule has 3 nitrogen and oxygen atoms in total. The van der Waals surface area contributed by atoms with Gasteiger partial charge < -0.3 is 15.3 Å². The van der Waals surface area contributed by atoms with Crippen molar-refractivity contribution in [3.63, 3.8) is 0 Å². The minimum absolute atomic E-state index is 0.250. The van der Waals surface area contributed by atoms with Crippen LogP contribution in [0.25, 0.3) is 0 Å². The molecule has 0 aliphatic carbocycles. The molecule has 0 aromatic carbocycles. The van der Waals surface area contributed by atoms with Crippen LogP contribution in [0.3, 0.4) is 0 Å². The van der Waals surface area contributed by atoms with E-state index in [0.29, 0.717) is 0 Å². The van der Waals surface area contributed by atoms with Crippen LogP contribution in [0, 0.1) is 0 Å². The Labute approximate surface area is 76.4 Å². The molecule has 0 unspecified atom stereocenters. The number of allylic oxidation sites excluding steroid dienone is 1. The second kappa shape index (κ2) is 75.0. The molecular weight excluding hydrogens is 156 g/mol. The van der Waals surface area contributed by atoms with E-state index in [1.807, 2.05) is 6.92 Å². The minimum Gasteiger partial charge on any atom is -0.397 e. The van der Waals surface area contributed by atoms with Crippen LogP contribution >= 0.6 is 0 Å². The molecule has 78 valence electrons. The standard InChI is InChI=1S/C3H6.3C2H6O/c1-3-2;3*1-2-3/h3H,1H2,2H3;3*3H,2H2,1H3. The molecule has 0 fully saturated rings. The number of rotatable bonds is 0. The maximum absolute atomic E-state index is 7.57. The molecular formula is C9H24O3. The highest BCUT2D eigenvalue weighted by molar-refractivity contribution is 4.51. The molecule has 3 N–H and O–H groups in total. The third kappa shape index (κ3) is 4950. The second-order valence-corrected chi connectivity index (χ2v) is 1.36. The normalized spacial score (nSPS) is 5.58. The monoisotopic (exact) mass is 180 g/mol. The molecule has 0 spiro atoms. The fourth-order valence-electron chi connectivity index (χ4n) is 0. The van der Waals surface area contributed by atoms with Crippen LogP contribution in [0.4, 0.5) is 0 Å². The highest BCUT2D eigenvalue weighted by atomic mass is 16.3. The fraction of sp³-hybridized carbons (Fsp3) is 0.778. The first-order valence-electron chi connectivity index (χ1n) is 4.06. The first-order chi connectivity index (χ1) is 5.66. The van der Waals surface area contributed by atoms with Crippen LogP contribution in [-0.2, 0) is 0 Å². The summed E-state index contributed by atoms with van der Waals surface area (Å²) in [6.07, 6.45) is 1.75. The summed E-state index contributed by atoms with van der Waals surface area (Å²) in [7, 11) is 0. The minimum atomic E-state index is 0.250. The van der Waals surface area contributed by atoms with E-state index in [9.17, 15) is 0 Å². The lowest BCUT2D eigenvalue weighted by atomic mass is 10.8. The number of hydrogen-bond donors (Lipinski definition) is 3. The molecule has 0 amide bonds. The van der Waals surface area contributed by atoms with Crippen molar-refractivity contribution in [2.75, 3.05) is 19.8 Å². The van der Waals surface area contributed by atoms with Gasteiger partial charge in [-0.2, -0.15) is 0 Å². The van der Waals surface area contributed by atoms with Crippen molar-refractivity contribution < 1.29 is 15.3 Å². The number of hydrogen-bond acceptors (Lipinski definition) is 3. The molecule has 12 heavy (non-hydrogen) atoms. The van der Waals surface area contributed by atoms with Crippen LogP contribution in [0.15, 0.2) is 12.7 Å². The smallest absolute Gasteiger partial charge is 0.0402 e. The van der Waals surface area contributed by atoms with E-state index in [2.05, 4.69) is 6.58 Å². The van der Waals surface area contributed by atoms with E-state index >= 15 is 0 Å². The van der Waals surface area contributed by atoms with E-state index in [1.54, 1.807) is 26.8 Å². The summed E-state index contributed by atoms with van der Waals surface area (Å²) in [6.45, 7) is 11.0. The topological polar surface area (TPSA) is 60.7 Å². The zero-order valence-electron chi connectivity index (χ0n) is 8.75. The summed E-state index contributed by atoms with van der Waals surface area (Å²) in [5.74, 6) is 0. The van der Waals surface area contributed by atoms with Gasteiger partial charge in [0.1, 0.15) is 0 Å². The first-order valence-corrected chi connectivity index (χ1v) is 4.06. The average molecular weight is 180 g/mol. The summed E-state index contributed by atoms with van der Waals surface area (Å²) in [5, 5.41) is 22.7. The van der Waals surface area contributed by atoms with Gasteiger partial charge in [0.05, 0.1) is 0 Å². The van der Waals surface area contributed by atoms with E-state index in [4.69, 9.17) is 15.3 Å². The summed E-state index contributed by atoms with van der Waals surface area (Å²) in [5.41, 5.74) is 0. The lowest BCUT2D eigenvalue weighted by Crippen LogP contribution is -1.57. The zero-order valence-corrected chi connectivity index (χ0v) is 8.75. The molecule has 0 aromatic rings. The van der Waals surface area contributed by atoms with Crippen molar-refractivity contribution in [1.82, 2.24) is 0 Å². The van der Waals surface area contributed by atoms with Crippen LogP contribution in [0.5, 0.6) is 0 Å². The predicted molar refractivity (Wildman–Crippen MR) is 54.2 cm³/mol. The summed E-state index contributed by atoms with van der Waals surface area (Å²) < 4.78 is 0.